The summed E-state index contributed by atoms with van der Waals surface area (Å²) in [5, 5.41) is 0. The molecule has 258 valence electrons. The zero-order chi connectivity index (χ0) is 35.2. The molecule has 2 fully saturated rings. The number of alkyl halides is 9. The third-order valence-corrected chi connectivity index (χ3v) is 7.57. The number of rotatable bonds is 7. The summed E-state index contributed by atoms with van der Waals surface area (Å²) in [5.74, 6) is -4.71. The quantitative estimate of drug-likeness (QED) is 0.227. The topological polar surface area (TPSA) is 110 Å². The van der Waals surface area contributed by atoms with Gasteiger partial charge in [0, 0.05) is 25.2 Å². The molecule has 0 atom stereocenters. The smallest absolute Gasteiger partial charge is 0.422 e. The first-order valence-corrected chi connectivity index (χ1v) is 14.2. The van der Waals surface area contributed by atoms with Crippen molar-refractivity contribution in [3.05, 3.63) is 70.8 Å². The Kier molecular flexibility index (Phi) is 11.9. The Balaban J connectivity index is 0.000000261. The number of esters is 1. The van der Waals surface area contributed by atoms with Crippen molar-refractivity contribution in [1.29, 1.82) is 0 Å². The van der Waals surface area contributed by atoms with Gasteiger partial charge in [-0.2, -0.15) is 39.5 Å². The van der Waals surface area contributed by atoms with Crippen LogP contribution >= 0.6 is 0 Å². The molecule has 0 unspecified atom stereocenters. The molecule has 8 nitrogen and oxygen atoms in total. The van der Waals surface area contributed by atoms with E-state index in [4.69, 9.17) is 5.73 Å². The van der Waals surface area contributed by atoms with Crippen molar-refractivity contribution in [3.8, 4) is 0 Å². The van der Waals surface area contributed by atoms with E-state index in [-0.39, 0.29) is 25.2 Å². The van der Waals surface area contributed by atoms with Crippen molar-refractivity contribution in [1.82, 2.24) is 9.80 Å². The number of hydrogen-bond acceptors (Lipinski definition) is 5. The average Bonchev–Trinajstić information content (AvgIpc) is 2.92. The number of ether oxygens (including phenoxy) is 1. The zero-order valence-electron chi connectivity index (χ0n) is 24.6. The minimum absolute atomic E-state index is 0.0627. The van der Waals surface area contributed by atoms with E-state index in [9.17, 15) is 58.7 Å². The molecule has 0 aromatic heterocycles. The van der Waals surface area contributed by atoms with Gasteiger partial charge in [-0.3, -0.25) is 14.4 Å². The molecule has 3 amide bonds. The largest absolute Gasteiger partial charge is 0.449 e. The van der Waals surface area contributed by atoms with Gasteiger partial charge in [0.15, 0.2) is 6.61 Å². The van der Waals surface area contributed by atoms with Crippen molar-refractivity contribution < 1.29 is 63.4 Å². The van der Waals surface area contributed by atoms with Gasteiger partial charge in [-0.05, 0) is 73.9 Å². The second-order valence-corrected chi connectivity index (χ2v) is 11.0. The van der Waals surface area contributed by atoms with E-state index in [0.717, 1.165) is 67.0 Å². The molecule has 2 aliphatic carbocycles. The van der Waals surface area contributed by atoms with Crippen molar-refractivity contribution in [2.75, 3.05) is 6.61 Å². The highest BCUT2D eigenvalue weighted by atomic mass is 19.4. The van der Waals surface area contributed by atoms with E-state index in [1.54, 1.807) is 0 Å². The van der Waals surface area contributed by atoms with Crippen LogP contribution < -0.4 is 5.73 Å². The number of hydrogen-bond donors (Lipinski definition) is 1. The van der Waals surface area contributed by atoms with Crippen LogP contribution in [-0.4, -0.2) is 58.4 Å². The Hall–Kier alpha value is -4.31. The number of benzene rings is 2. The Bertz CT molecular complexity index is 1400. The van der Waals surface area contributed by atoms with Gasteiger partial charge in [-0.1, -0.05) is 24.3 Å². The van der Waals surface area contributed by atoms with Crippen LogP contribution in [0.15, 0.2) is 48.5 Å². The maximum Gasteiger partial charge on any atom is 0.422 e. The Morgan fingerprint density at radius 1 is 0.638 bits per heavy atom. The fourth-order valence-electron chi connectivity index (χ4n) is 4.59. The summed E-state index contributed by atoms with van der Waals surface area (Å²) in [5.41, 5.74) is 4.25. The molecule has 17 heteroatoms. The number of primary amides is 1. The van der Waals surface area contributed by atoms with Crippen LogP contribution in [0.5, 0.6) is 0 Å². The van der Waals surface area contributed by atoms with Gasteiger partial charge in [0.05, 0.1) is 11.1 Å². The van der Waals surface area contributed by atoms with E-state index in [1.165, 1.54) is 17.0 Å². The number of amides is 3. The number of halogens is 9. The summed E-state index contributed by atoms with van der Waals surface area (Å²) in [6, 6.07) is 8.10. The summed E-state index contributed by atoms with van der Waals surface area (Å²) < 4.78 is 115. The van der Waals surface area contributed by atoms with Gasteiger partial charge in [0.25, 0.3) is 0 Å². The number of nitrogens with two attached hydrogens (primary N) is 1. The predicted molar refractivity (Wildman–Crippen MR) is 145 cm³/mol. The zero-order valence-corrected chi connectivity index (χ0v) is 24.6. The third kappa shape index (κ3) is 10.9. The van der Waals surface area contributed by atoms with Gasteiger partial charge in [0.1, 0.15) is 0 Å². The highest BCUT2D eigenvalue weighted by Crippen LogP contribution is 2.32. The molecule has 0 saturated heterocycles. The summed E-state index contributed by atoms with van der Waals surface area (Å²) in [6.07, 6.45) is -9.26. The highest BCUT2D eigenvalue weighted by Gasteiger charge is 2.37. The lowest BCUT2D eigenvalue weighted by Crippen LogP contribution is -2.48. The van der Waals surface area contributed by atoms with E-state index < -0.39 is 60.0 Å². The first-order valence-electron chi connectivity index (χ1n) is 14.2. The molecular weight excluding hydrogens is 653 g/mol. The van der Waals surface area contributed by atoms with Gasteiger partial charge in [-0.25, -0.2) is 4.79 Å². The van der Waals surface area contributed by atoms with Crippen LogP contribution in [-0.2, 0) is 49.4 Å². The van der Waals surface area contributed by atoms with Gasteiger partial charge in [-0.15, -0.1) is 0 Å². The minimum atomic E-state index is -4.76. The predicted octanol–water partition coefficient (Wildman–Crippen LogP) is 5.76. The SMILES string of the molecule is NC(=O)C(=O)N(Cc1ccc(C(F)(F)F)cc1)C1CCC1.O=C(OCC(F)(F)F)C(=O)N(Cc1ccc(C(F)(F)F)cc1)C1CCC1. The second kappa shape index (κ2) is 15.1. The molecule has 0 heterocycles. The van der Waals surface area contributed by atoms with E-state index in [0.29, 0.717) is 24.0 Å². The van der Waals surface area contributed by atoms with Gasteiger partial charge >= 0.3 is 42.2 Å². The Morgan fingerprint density at radius 2 is 1.00 bits per heavy atom. The lowest BCUT2D eigenvalue weighted by molar-refractivity contribution is -0.190. The monoisotopic (exact) mass is 683 g/mol. The Morgan fingerprint density at radius 3 is 1.28 bits per heavy atom. The first-order chi connectivity index (χ1) is 21.8. The molecule has 2 aromatic rings. The maximum atomic E-state index is 12.6. The lowest BCUT2D eigenvalue weighted by Gasteiger charge is -2.37. The highest BCUT2D eigenvalue weighted by molar-refractivity contribution is 6.34. The molecule has 0 bridgehead atoms. The summed E-state index contributed by atoms with van der Waals surface area (Å²) in [6.45, 7) is -1.98. The lowest BCUT2D eigenvalue weighted by atomic mass is 9.91. The molecule has 4 rings (SSSR count). The molecule has 2 aliphatic rings. The van der Waals surface area contributed by atoms with Crippen LogP contribution in [0.25, 0.3) is 0 Å². The van der Waals surface area contributed by atoms with E-state index in [1.807, 2.05) is 0 Å². The fraction of sp³-hybridized carbons (Fsp3) is 0.467. The van der Waals surface area contributed by atoms with Crippen LogP contribution in [0.3, 0.4) is 0 Å². The van der Waals surface area contributed by atoms with Crippen molar-refractivity contribution in [3.63, 3.8) is 0 Å². The normalized spacial score (nSPS) is 15.3. The molecule has 2 N–H and O–H groups in total. The van der Waals surface area contributed by atoms with Crippen LogP contribution in [0.2, 0.25) is 0 Å². The molecule has 2 aromatic carbocycles. The van der Waals surface area contributed by atoms with Crippen LogP contribution in [0, 0.1) is 0 Å². The molecule has 0 radical (unpaired) electrons. The van der Waals surface area contributed by atoms with E-state index >= 15 is 0 Å². The number of nitrogens with zero attached hydrogens (tertiary/aromatic N) is 2. The average molecular weight is 684 g/mol. The summed E-state index contributed by atoms with van der Waals surface area (Å²) in [4.78, 5) is 48.9. The van der Waals surface area contributed by atoms with Crippen molar-refractivity contribution in [2.24, 2.45) is 5.73 Å². The number of carbonyl (C=O) groups is 4. The molecule has 0 aliphatic heterocycles. The maximum absolute atomic E-state index is 12.6. The fourth-order valence-corrected chi connectivity index (χ4v) is 4.59. The van der Waals surface area contributed by atoms with Crippen molar-refractivity contribution >= 4 is 23.7 Å². The first kappa shape index (κ1) is 37.2. The number of carbonyl (C=O) groups excluding carboxylic acids is 4. The van der Waals surface area contributed by atoms with Crippen LogP contribution in [0.4, 0.5) is 39.5 Å². The standard InChI is InChI=1S/C16H15F6NO3.C14H15F3N2O2/c17-15(18,19)9-26-14(25)13(24)23(12-2-1-3-12)8-10-4-6-11(7-5-10)16(20,21)22;15-14(16,17)10-6-4-9(5-7-10)8-19(11-2-1-3-11)13(21)12(18)20/h4-7,12H,1-3,8-9H2;4-7,11H,1-3,8H2,(H2,18,20). The van der Waals surface area contributed by atoms with Gasteiger partial charge < -0.3 is 20.3 Å². The van der Waals surface area contributed by atoms with Crippen LogP contribution in [0.1, 0.15) is 60.8 Å². The molecule has 2 saturated carbocycles. The van der Waals surface area contributed by atoms with Gasteiger partial charge in [0.2, 0.25) is 0 Å². The Labute approximate surface area is 262 Å². The molecule has 47 heavy (non-hydrogen) atoms. The van der Waals surface area contributed by atoms with Crippen molar-refractivity contribution in [2.45, 2.75) is 82.2 Å². The third-order valence-electron chi connectivity index (χ3n) is 7.57. The second-order valence-electron chi connectivity index (χ2n) is 11.0. The van der Waals surface area contributed by atoms with E-state index in [2.05, 4.69) is 4.74 Å². The summed E-state index contributed by atoms with van der Waals surface area (Å²) >= 11 is 0. The molecular formula is C30H30F9N3O5. The molecule has 0 spiro atoms. The minimum Gasteiger partial charge on any atom is -0.449 e. The summed E-state index contributed by atoms with van der Waals surface area (Å²) in [7, 11) is 0.